The number of hydrogen-bond acceptors (Lipinski definition) is 2. The molecule has 1 rings (SSSR count). The Morgan fingerprint density at radius 3 is 2.77 bits per heavy atom. The second-order valence-electron chi connectivity index (χ2n) is 4.38. The summed E-state index contributed by atoms with van der Waals surface area (Å²) in [6, 6.07) is 0.522. The van der Waals surface area contributed by atoms with Crippen LogP contribution >= 0.6 is 0 Å². The van der Waals surface area contributed by atoms with E-state index in [4.69, 9.17) is 0 Å². The van der Waals surface area contributed by atoms with Gasteiger partial charge in [-0.1, -0.05) is 13.8 Å². The monoisotopic (exact) mass is 203 g/mol. The predicted octanol–water partition coefficient (Wildman–Crippen LogP) is 1.49. The van der Waals surface area contributed by atoms with Crippen molar-refractivity contribution in [2.75, 3.05) is 24.6 Å². The molecule has 2 unspecified atom stereocenters. The molecule has 0 aromatic heterocycles. The van der Waals surface area contributed by atoms with Crippen molar-refractivity contribution in [1.82, 2.24) is 4.90 Å². The van der Waals surface area contributed by atoms with Crippen molar-refractivity contribution in [2.24, 2.45) is 5.92 Å². The molecule has 0 bridgehead atoms. The highest BCUT2D eigenvalue weighted by atomic mass is 32.2. The van der Waals surface area contributed by atoms with Gasteiger partial charge in [0.05, 0.1) is 0 Å². The lowest BCUT2D eigenvalue weighted by atomic mass is 10.1. The fourth-order valence-electron chi connectivity index (χ4n) is 1.65. The Labute approximate surface area is 84.2 Å². The van der Waals surface area contributed by atoms with Gasteiger partial charge in [-0.05, 0) is 25.8 Å². The summed E-state index contributed by atoms with van der Waals surface area (Å²) in [6.45, 7) is 8.91. The Hall–Kier alpha value is 0.110. The van der Waals surface area contributed by atoms with Gasteiger partial charge in [-0.2, -0.15) is 0 Å². The van der Waals surface area contributed by atoms with Gasteiger partial charge in [-0.3, -0.25) is 9.11 Å². The van der Waals surface area contributed by atoms with E-state index in [1.807, 2.05) is 0 Å². The van der Waals surface area contributed by atoms with Crippen molar-refractivity contribution in [3.8, 4) is 0 Å². The Kier molecular flexibility index (Phi) is 4.39. The van der Waals surface area contributed by atoms with Gasteiger partial charge in [0.15, 0.2) is 0 Å². The fourth-order valence-corrected chi connectivity index (χ4v) is 3.01. The predicted molar refractivity (Wildman–Crippen MR) is 58.4 cm³/mol. The van der Waals surface area contributed by atoms with Crippen molar-refractivity contribution in [3.05, 3.63) is 0 Å². The molecule has 13 heavy (non-hydrogen) atoms. The standard InChI is InChI=1S/C10H21NOS/c1-9(2)4-5-11-6-7-13(12)8-10(11)3/h9-10H,4-8H2,1-3H3. The lowest BCUT2D eigenvalue weighted by molar-refractivity contribution is 0.217. The van der Waals surface area contributed by atoms with Crippen LogP contribution in [0.15, 0.2) is 0 Å². The molecular weight excluding hydrogens is 182 g/mol. The first-order valence-electron chi connectivity index (χ1n) is 5.18. The van der Waals surface area contributed by atoms with E-state index in [2.05, 4.69) is 25.7 Å². The molecule has 1 fully saturated rings. The van der Waals surface area contributed by atoms with Crippen LogP contribution in [0.25, 0.3) is 0 Å². The van der Waals surface area contributed by atoms with Crippen LogP contribution in [0, 0.1) is 5.92 Å². The molecule has 1 heterocycles. The summed E-state index contributed by atoms with van der Waals surface area (Å²) >= 11 is 0. The first-order valence-corrected chi connectivity index (χ1v) is 6.67. The lowest BCUT2D eigenvalue weighted by Crippen LogP contribution is -2.45. The minimum atomic E-state index is -0.547. The van der Waals surface area contributed by atoms with Gasteiger partial charge < -0.3 is 0 Å². The average Bonchev–Trinajstić information content (AvgIpc) is 2.02. The zero-order valence-electron chi connectivity index (χ0n) is 8.95. The Morgan fingerprint density at radius 2 is 2.23 bits per heavy atom. The Balaban J connectivity index is 2.29. The summed E-state index contributed by atoms with van der Waals surface area (Å²) in [4.78, 5) is 2.47. The summed E-state index contributed by atoms with van der Waals surface area (Å²) in [5, 5.41) is 0. The number of hydrogen-bond donors (Lipinski definition) is 0. The largest absolute Gasteiger partial charge is 0.299 e. The van der Waals surface area contributed by atoms with Crippen molar-refractivity contribution < 1.29 is 4.21 Å². The van der Waals surface area contributed by atoms with Gasteiger partial charge in [0.1, 0.15) is 0 Å². The average molecular weight is 203 g/mol. The highest BCUT2D eigenvalue weighted by molar-refractivity contribution is 7.85. The van der Waals surface area contributed by atoms with Crippen molar-refractivity contribution in [1.29, 1.82) is 0 Å². The minimum Gasteiger partial charge on any atom is -0.299 e. The normalized spacial score (nSPS) is 31.1. The fraction of sp³-hybridized carbons (Fsp3) is 1.00. The molecule has 78 valence electrons. The van der Waals surface area contributed by atoms with Gasteiger partial charge >= 0.3 is 0 Å². The van der Waals surface area contributed by atoms with Gasteiger partial charge in [0.25, 0.3) is 0 Å². The molecule has 2 atom stereocenters. The first kappa shape index (κ1) is 11.2. The second kappa shape index (κ2) is 5.11. The van der Waals surface area contributed by atoms with E-state index in [1.165, 1.54) is 13.0 Å². The summed E-state index contributed by atoms with van der Waals surface area (Å²) in [5.74, 6) is 2.53. The van der Waals surface area contributed by atoms with Crippen LogP contribution in [-0.4, -0.2) is 39.7 Å². The maximum absolute atomic E-state index is 11.2. The highest BCUT2D eigenvalue weighted by Crippen LogP contribution is 2.11. The van der Waals surface area contributed by atoms with Gasteiger partial charge in [-0.15, -0.1) is 0 Å². The van der Waals surface area contributed by atoms with E-state index in [9.17, 15) is 4.21 Å². The summed E-state index contributed by atoms with van der Waals surface area (Å²) in [5.41, 5.74) is 0. The lowest BCUT2D eigenvalue weighted by Gasteiger charge is -2.33. The van der Waals surface area contributed by atoms with Crippen LogP contribution in [0.1, 0.15) is 27.2 Å². The van der Waals surface area contributed by atoms with Crippen LogP contribution in [0.4, 0.5) is 0 Å². The topological polar surface area (TPSA) is 20.3 Å². The molecule has 1 aliphatic rings. The Bertz CT molecular complexity index is 182. The SMILES string of the molecule is CC(C)CCN1CCS(=O)CC1C. The van der Waals surface area contributed by atoms with E-state index in [0.29, 0.717) is 6.04 Å². The summed E-state index contributed by atoms with van der Waals surface area (Å²) < 4.78 is 11.2. The third-order valence-electron chi connectivity index (χ3n) is 2.65. The zero-order chi connectivity index (χ0) is 9.84. The second-order valence-corrected chi connectivity index (χ2v) is 6.00. The molecular formula is C10H21NOS. The molecule has 0 N–H and O–H groups in total. The van der Waals surface area contributed by atoms with Crippen LogP contribution in [-0.2, 0) is 10.8 Å². The summed E-state index contributed by atoms with van der Waals surface area (Å²) in [6.07, 6.45) is 1.26. The van der Waals surface area contributed by atoms with Crippen molar-refractivity contribution in [2.45, 2.75) is 33.2 Å². The third kappa shape index (κ3) is 3.77. The quantitative estimate of drug-likeness (QED) is 0.692. The Morgan fingerprint density at radius 1 is 1.54 bits per heavy atom. The molecule has 1 saturated heterocycles. The molecule has 0 aromatic carbocycles. The number of nitrogens with zero attached hydrogens (tertiary/aromatic N) is 1. The third-order valence-corrected chi connectivity index (χ3v) is 4.14. The zero-order valence-corrected chi connectivity index (χ0v) is 9.77. The van der Waals surface area contributed by atoms with Crippen LogP contribution in [0.5, 0.6) is 0 Å². The van der Waals surface area contributed by atoms with Gasteiger partial charge in [-0.25, -0.2) is 0 Å². The molecule has 0 saturated carbocycles. The molecule has 1 aliphatic heterocycles. The van der Waals surface area contributed by atoms with Gasteiger partial charge in [0.2, 0.25) is 0 Å². The molecule has 0 radical (unpaired) electrons. The van der Waals surface area contributed by atoms with E-state index in [0.717, 1.165) is 24.0 Å². The molecule has 0 aromatic rings. The van der Waals surface area contributed by atoms with Crippen molar-refractivity contribution in [3.63, 3.8) is 0 Å². The van der Waals surface area contributed by atoms with Crippen molar-refractivity contribution >= 4 is 10.8 Å². The molecule has 0 spiro atoms. The van der Waals surface area contributed by atoms with E-state index < -0.39 is 10.8 Å². The van der Waals surface area contributed by atoms with E-state index in [-0.39, 0.29) is 0 Å². The molecule has 0 aliphatic carbocycles. The molecule has 2 nitrogen and oxygen atoms in total. The van der Waals surface area contributed by atoms with Crippen LogP contribution in [0.2, 0.25) is 0 Å². The first-order chi connectivity index (χ1) is 6.09. The minimum absolute atomic E-state index is 0.522. The maximum Gasteiger partial charge on any atom is 0.0388 e. The number of rotatable bonds is 3. The van der Waals surface area contributed by atoms with Crippen LogP contribution < -0.4 is 0 Å². The molecule has 3 heteroatoms. The maximum atomic E-state index is 11.2. The summed E-state index contributed by atoms with van der Waals surface area (Å²) in [7, 11) is -0.547. The smallest absolute Gasteiger partial charge is 0.0388 e. The van der Waals surface area contributed by atoms with E-state index >= 15 is 0 Å². The van der Waals surface area contributed by atoms with E-state index in [1.54, 1.807) is 0 Å². The molecule has 0 amide bonds. The van der Waals surface area contributed by atoms with Crippen LogP contribution in [0.3, 0.4) is 0 Å². The highest BCUT2D eigenvalue weighted by Gasteiger charge is 2.21. The van der Waals surface area contributed by atoms with Gasteiger partial charge in [0, 0.05) is 34.9 Å².